The molecule has 1 fully saturated rings. The van der Waals surface area contributed by atoms with Crippen molar-refractivity contribution in [3.63, 3.8) is 0 Å². The molecule has 0 saturated carbocycles. The number of carbonyl (C=O) groups excluding carboxylic acids is 2. The van der Waals surface area contributed by atoms with E-state index in [1.54, 1.807) is 45.0 Å². The van der Waals surface area contributed by atoms with Crippen molar-refractivity contribution in [2.24, 2.45) is 0 Å². The number of hydrogen-bond donors (Lipinski definition) is 2. The fraction of sp³-hybridized carbons (Fsp3) is 0.467. The van der Waals surface area contributed by atoms with E-state index in [0.717, 1.165) is 5.69 Å². The SMILES string of the molecule is CC(C)(C)OC(=O)Nc1ccc(NC2CCOC2=O)cc1. The van der Waals surface area contributed by atoms with Gasteiger partial charge in [-0.05, 0) is 45.0 Å². The highest BCUT2D eigenvalue weighted by Crippen LogP contribution is 2.18. The largest absolute Gasteiger partial charge is 0.464 e. The fourth-order valence-electron chi connectivity index (χ4n) is 1.90. The highest BCUT2D eigenvalue weighted by Gasteiger charge is 2.26. The quantitative estimate of drug-likeness (QED) is 0.838. The van der Waals surface area contributed by atoms with Crippen molar-refractivity contribution in [2.75, 3.05) is 17.2 Å². The van der Waals surface area contributed by atoms with Crippen LogP contribution in [0, 0.1) is 0 Å². The Bertz CT molecular complexity index is 519. The molecule has 1 saturated heterocycles. The first kappa shape index (κ1) is 15.2. The van der Waals surface area contributed by atoms with Crippen molar-refractivity contribution >= 4 is 23.4 Å². The van der Waals surface area contributed by atoms with Crippen molar-refractivity contribution in [2.45, 2.75) is 38.8 Å². The predicted molar refractivity (Wildman–Crippen MR) is 79.3 cm³/mol. The number of anilines is 2. The van der Waals surface area contributed by atoms with Crippen LogP contribution in [-0.2, 0) is 14.3 Å². The molecule has 21 heavy (non-hydrogen) atoms. The smallest absolute Gasteiger partial charge is 0.412 e. The molecule has 0 aromatic heterocycles. The lowest BCUT2D eigenvalue weighted by molar-refractivity contribution is -0.138. The van der Waals surface area contributed by atoms with E-state index in [-0.39, 0.29) is 12.0 Å². The maximum absolute atomic E-state index is 11.6. The van der Waals surface area contributed by atoms with Gasteiger partial charge in [0.05, 0.1) is 6.61 Å². The molecule has 1 aromatic rings. The van der Waals surface area contributed by atoms with Crippen LogP contribution in [0.3, 0.4) is 0 Å². The molecular weight excluding hydrogens is 272 g/mol. The number of ether oxygens (including phenoxy) is 2. The summed E-state index contributed by atoms with van der Waals surface area (Å²) in [4.78, 5) is 23.0. The molecule has 0 bridgehead atoms. The van der Waals surface area contributed by atoms with Crippen LogP contribution < -0.4 is 10.6 Å². The molecule has 1 heterocycles. The number of nitrogens with one attached hydrogen (secondary N) is 2. The third kappa shape index (κ3) is 4.66. The van der Waals surface area contributed by atoms with Crippen molar-refractivity contribution in [3.05, 3.63) is 24.3 Å². The van der Waals surface area contributed by atoms with Crippen LogP contribution in [0.5, 0.6) is 0 Å². The van der Waals surface area contributed by atoms with Gasteiger partial charge in [0.25, 0.3) is 0 Å². The molecule has 0 spiro atoms. The van der Waals surface area contributed by atoms with Crippen molar-refractivity contribution in [1.29, 1.82) is 0 Å². The number of cyclic esters (lactones) is 1. The molecule has 0 aliphatic carbocycles. The second kappa shape index (κ2) is 6.03. The Morgan fingerprint density at radius 2 is 1.86 bits per heavy atom. The molecule has 1 atom stereocenters. The molecule has 1 aliphatic heterocycles. The molecule has 1 aromatic carbocycles. The van der Waals surface area contributed by atoms with E-state index in [1.165, 1.54) is 0 Å². The Balaban J connectivity index is 1.90. The summed E-state index contributed by atoms with van der Waals surface area (Å²) < 4.78 is 10.1. The van der Waals surface area contributed by atoms with Crippen molar-refractivity contribution < 1.29 is 19.1 Å². The molecule has 6 heteroatoms. The van der Waals surface area contributed by atoms with Crippen LogP contribution in [0.2, 0.25) is 0 Å². The molecule has 2 rings (SSSR count). The van der Waals surface area contributed by atoms with Crippen molar-refractivity contribution in [1.82, 2.24) is 0 Å². The molecule has 1 aliphatic rings. The third-order valence-electron chi connectivity index (χ3n) is 2.81. The Labute approximate surface area is 123 Å². The summed E-state index contributed by atoms with van der Waals surface area (Å²) in [6, 6.07) is 6.77. The summed E-state index contributed by atoms with van der Waals surface area (Å²) in [5, 5.41) is 5.74. The molecular formula is C15H20N2O4. The topological polar surface area (TPSA) is 76.7 Å². The maximum Gasteiger partial charge on any atom is 0.412 e. The summed E-state index contributed by atoms with van der Waals surface area (Å²) in [6.07, 6.45) is 0.166. The lowest BCUT2D eigenvalue weighted by Crippen LogP contribution is -2.27. The average Bonchev–Trinajstić information content (AvgIpc) is 2.75. The van der Waals surface area contributed by atoms with E-state index < -0.39 is 11.7 Å². The summed E-state index contributed by atoms with van der Waals surface area (Å²) in [5.74, 6) is -0.231. The molecule has 1 amide bonds. The maximum atomic E-state index is 11.6. The second-order valence-corrected chi connectivity index (χ2v) is 5.86. The van der Waals surface area contributed by atoms with E-state index in [9.17, 15) is 9.59 Å². The van der Waals surface area contributed by atoms with Gasteiger partial charge in [-0.3, -0.25) is 5.32 Å². The summed E-state index contributed by atoms with van der Waals surface area (Å²) >= 11 is 0. The summed E-state index contributed by atoms with van der Waals surface area (Å²) in [6.45, 7) is 5.87. The van der Waals surface area contributed by atoms with Gasteiger partial charge in [0.2, 0.25) is 0 Å². The standard InChI is InChI=1S/C15H20N2O4/c1-15(2,3)21-14(19)17-11-6-4-10(5-7-11)16-12-8-9-20-13(12)18/h4-7,12,16H,8-9H2,1-3H3,(H,17,19). The number of hydrogen-bond acceptors (Lipinski definition) is 5. The van der Waals surface area contributed by atoms with Crippen LogP contribution in [0.15, 0.2) is 24.3 Å². The zero-order chi connectivity index (χ0) is 15.5. The number of amides is 1. The van der Waals surface area contributed by atoms with Gasteiger partial charge < -0.3 is 14.8 Å². The minimum atomic E-state index is -0.533. The van der Waals surface area contributed by atoms with E-state index in [2.05, 4.69) is 10.6 Å². The number of carbonyl (C=O) groups is 2. The van der Waals surface area contributed by atoms with Crippen LogP contribution in [0.25, 0.3) is 0 Å². The van der Waals surface area contributed by atoms with Crippen molar-refractivity contribution in [3.8, 4) is 0 Å². The van der Waals surface area contributed by atoms with Gasteiger partial charge in [0.15, 0.2) is 0 Å². The first-order valence-corrected chi connectivity index (χ1v) is 6.87. The predicted octanol–water partition coefficient (Wildman–Crippen LogP) is 2.76. The van der Waals surface area contributed by atoms with Gasteiger partial charge in [0, 0.05) is 17.8 Å². The number of rotatable bonds is 3. The highest BCUT2D eigenvalue weighted by molar-refractivity contribution is 5.85. The number of benzene rings is 1. The van der Waals surface area contributed by atoms with Gasteiger partial charge >= 0.3 is 12.1 Å². The first-order chi connectivity index (χ1) is 9.83. The minimum absolute atomic E-state index is 0.231. The van der Waals surface area contributed by atoms with E-state index in [4.69, 9.17) is 9.47 Å². The van der Waals surface area contributed by atoms with E-state index >= 15 is 0 Å². The van der Waals surface area contributed by atoms with Gasteiger partial charge in [-0.2, -0.15) is 0 Å². The van der Waals surface area contributed by atoms with Gasteiger partial charge in [-0.1, -0.05) is 0 Å². The normalized spacial score (nSPS) is 18.0. The first-order valence-electron chi connectivity index (χ1n) is 6.87. The van der Waals surface area contributed by atoms with Crippen LogP contribution in [0.1, 0.15) is 27.2 Å². The van der Waals surface area contributed by atoms with Crippen LogP contribution >= 0.6 is 0 Å². The molecule has 114 valence electrons. The van der Waals surface area contributed by atoms with Gasteiger partial charge in [0.1, 0.15) is 11.6 Å². The fourth-order valence-corrected chi connectivity index (χ4v) is 1.90. The Kier molecular flexibility index (Phi) is 4.35. The zero-order valence-electron chi connectivity index (χ0n) is 12.4. The van der Waals surface area contributed by atoms with E-state index in [0.29, 0.717) is 18.7 Å². The summed E-state index contributed by atoms with van der Waals surface area (Å²) in [7, 11) is 0. The second-order valence-electron chi connectivity index (χ2n) is 5.86. The monoisotopic (exact) mass is 292 g/mol. The zero-order valence-corrected chi connectivity index (χ0v) is 12.4. The van der Waals surface area contributed by atoms with Crippen LogP contribution in [-0.4, -0.2) is 30.3 Å². The highest BCUT2D eigenvalue weighted by atomic mass is 16.6. The molecule has 2 N–H and O–H groups in total. The van der Waals surface area contributed by atoms with Crippen LogP contribution in [0.4, 0.5) is 16.2 Å². The number of esters is 1. The molecule has 0 radical (unpaired) electrons. The molecule has 1 unspecified atom stereocenters. The average molecular weight is 292 g/mol. The van der Waals surface area contributed by atoms with E-state index in [1.807, 2.05) is 0 Å². The van der Waals surface area contributed by atoms with Gasteiger partial charge in [-0.25, -0.2) is 9.59 Å². The minimum Gasteiger partial charge on any atom is -0.464 e. The Morgan fingerprint density at radius 1 is 1.24 bits per heavy atom. The summed E-state index contributed by atoms with van der Waals surface area (Å²) in [5.41, 5.74) is 0.895. The third-order valence-corrected chi connectivity index (χ3v) is 2.81. The van der Waals surface area contributed by atoms with Gasteiger partial charge in [-0.15, -0.1) is 0 Å². The lowest BCUT2D eigenvalue weighted by atomic mass is 10.2. The Hall–Kier alpha value is -2.24. The lowest BCUT2D eigenvalue weighted by Gasteiger charge is -2.19. The molecule has 6 nitrogen and oxygen atoms in total. The Morgan fingerprint density at radius 3 is 2.38 bits per heavy atom.